The lowest BCUT2D eigenvalue weighted by Crippen LogP contribution is -2.54. The van der Waals surface area contributed by atoms with Crippen LogP contribution >= 0.6 is 23.2 Å². The fourth-order valence-electron chi connectivity index (χ4n) is 4.85. The number of nitrogens with one attached hydrogen (secondary N) is 1. The lowest BCUT2D eigenvalue weighted by Gasteiger charge is -2.34. The number of carbonyl (C=O) groups is 2. The summed E-state index contributed by atoms with van der Waals surface area (Å²) in [7, 11) is -2.72. The van der Waals surface area contributed by atoms with Crippen molar-refractivity contribution in [2.24, 2.45) is 0 Å². The lowest BCUT2D eigenvalue weighted by atomic mass is 10.0. The van der Waals surface area contributed by atoms with Gasteiger partial charge in [-0.15, -0.1) is 0 Å². The van der Waals surface area contributed by atoms with Crippen LogP contribution in [-0.2, 0) is 32.6 Å². The molecule has 0 saturated carbocycles. The molecule has 4 rings (SSSR count). The molecule has 4 aromatic rings. The molecule has 0 aliphatic carbocycles. The largest absolute Gasteiger partial charge is 0.497 e. The number of hydrogen-bond donors (Lipinski definition) is 1. The third-order valence-electron chi connectivity index (χ3n) is 7.63. The molecular weight excluding hydrogens is 645 g/mol. The van der Waals surface area contributed by atoms with Gasteiger partial charge in [0.15, 0.2) is 0 Å². The second kappa shape index (κ2) is 16.0. The van der Waals surface area contributed by atoms with Gasteiger partial charge in [-0.25, -0.2) is 8.42 Å². The minimum absolute atomic E-state index is 0.00895. The number of rotatable bonds is 14. The Hall–Kier alpha value is -4.05. The van der Waals surface area contributed by atoms with Gasteiger partial charge < -0.3 is 15.0 Å². The number of ether oxygens (including phenoxy) is 1. The maximum absolute atomic E-state index is 14.6. The zero-order chi connectivity index (χ0) is 33.3. The fourth-order valence-corrected chi connectivity index (χ4v) is 6.80. The van der Waals surface area contributed by atoms with Gasteiger partial charge in [-0.1, -0.05) is 84.7 Å². The van der Waals surface area contributed by atoms with Gasteiger partial charge in [0, 0.05) is 34.6 Å². The number of sulfonamides is 1. The number of nitrogens with zero attached hydrogens (tertiary/aromatic N) is 2. The molecule has 0 fully saturated rings. The summed E-state index contributed by atoms with van der Waals surface area (Å²) in [4.78, 5) is 29.9. The van der Waals surface area contributed by atoms with E-state index >= 15 is 0 Å². The monoisotopic (exact) mass is 681 g/mol. The lowest BCUT2D eigenvalue weighted by molar-refractivity contribution is -0.140. The average molecular weight is 683 g/mol. The summed E-state index contributed by atoms with van der Waals surface area (Å²) in [6.07, 6.45) is 0.847. The van der Waals surface area contributed by atoms with E-state index in [-0.39, 0.29) is 35.5 Å². The van der Waals surface area contributed by atoms with Crippen LogP contribution in [0.3, 0.4) is 0 Å². The normalized spacial score (nSPS) is 12.5. The zero-order valence-electron chi connectivity index (χ0n) is 25.9. The van der Waals surface area contributed by atoms with Crippen LogP contribution in [0.1, 0.15) is 31.4 Å². The molecule has 0 saturated heterocycles. The molecule has 242 valence electrons. The number of benzene rings is 4. The van der Waals surface area contributed by atoms with Gasteiger partial charge in [-0.3, -0.25) is 13.9 Å². The van der Waals surface area contributed by atoms with E-state index in [1.165, 1.54) is 24.1 Å². The van der Waals surface area contributed by atoms with E-state index in [4.69, 9.17) is 27.9 Å². The Balaban J connectivity index is 1.83. The first-order valence-electron chi connectivity index (χ1n) is 14.8. The summed E-state index contributed by atoms with van der Waals surface area (Å²) in [6.45, 7) is 3.09. The van der Waals surface area contributed by atoms with Crippen molar-refractivity contribution in [2.75, 3.05) is 18.0 Å². The van der Waals surface area contributed by atoms with Gasteiger partial charge in [0.2, 0.25) is 11.8 Å². The van der Waals surface area contributed by atoms with Gasteiger partial charge >= 0.3 is 0 Å². The highest BCUT2D eigenvalue weighted by Crippen LogP contribution is 2.29. The van der Waals surface area contributed by atoms with Crippen molar-refractivity contribution in [1.29, 1.82) is 0 Å². The Morgan fingerprint density at radius 2 is 1.43 bits per heavy atom. The number of carbonyl (C=O) groups excluding carboxylic acids is 2. The highest BCUT2D eigenvalue weighted by molar-refractivity contribution is 7.92. The van der Waals surface area contributed by atoms with Crippen molar-refractivity contribution in [1.82, 2.24) is 10.2 Å². The molecule has 4 aromatic carbocycles. The molecule has 1 N–H and O–H groups in total. The maximum atomic E-state index is 14.6. The van der Waals surface area contributed by atoms with Crippen LogP contribution in [0.2, 0.25) is 10.0 Å². The SMILES string of the molecule is CC[C@H](C)NC(=O)[C@H](Cc1ccccc1)N(Cc1c(Cl)cccc1Cl)C(=O)CN(c1ccc(OC)cc1)S(=O)(=O)c1ccccc1. The van der Waals surface area contributed by atoms with Crippen LogP contribution in [0.5, 0.6) is 5.75 Å². The van der Waals surface area contributed by atoms with Crippen LogP contribution in [0, 0.1) is 0 Å². The summed E-state index contributed by atoms with van der Waals surface area (Å²) in [6, 6.07) is 27.4. The van der Waals surface area contributed by atoms with Crippen LogP contribution < -0.4 is 14.4 Å². The number of anilines is 1. The van der Waals surface area contributed by atoms with Crippen molar-refractivity contribution in [3.8, 4) is 5.75 Å². The Kier molecular flexibility index (Phi) is 12.1. The minimum atomic E-state index is -4.23. The van der Waals surface area contributed by atoms with E-state index in [0.717, 1.165) is 9.87 Å². The van der Waals surface area contributed by atoms with Gasteiger partial charge in [0.1, 0.15) is 18.3 Å². The number of methoxy groups -OCH3 is 1. The highest BCUT2D eigenvalue weighted by Gasteiger charge is 2.35. The van der Waals surface area contributed by atoms with E-state index in [1.807, 2.05) is 44.2 Å². The Labute approximate surface area is 280 Å². The van der Waals surface area contributed by atoms with E-state index in [0.29, 0.717) is 27.8 Å². The Morgan fingerprint density at radius 1 is 0.848 bits per heavy atom. The standard InChI is InChI=1S/C35H37Cl2N3O5S/c1-4-25(2)38-35(42)33(22-26-12-7-5-8-13-26)39(23-30-31(36)16-11-17-32(30)37)34(41)24-40(27-18-20-28(45-3)21-19-27)46(43,44)29-14-9-6-10-15-29/h5-21,25,33H,4,22-24H2,1-3H3,(H,38,42)/t25-,33-/m0/s1. The predicted molar refractivity (Wildman–Crippen MR) is 183 cm³/mol. The summed E-state index contributed by atoms with van der Waals surface area (Å²) >= 11 is 13.1. The average Bonchev–Trinajstić information content (AvgIpc) is 3.07. The summed E-state index contributed by atoms with van der Waals surface area (Å²) in [5, 5.41) is 3.64. The molecule has 2 amide bonds. The molecular formula is C35H37Cl2N3O5S. The molecule has 0 spiro atoms. The molecule has 11 heteroatoms. The third kappa shape index (κ3) is 8.60. The molecule has 8 nitrogen and oxygen atoms in total. The molecule has 0 heterocycles. The van der Waals surface area contributed by atoms with Crippen molar-refractivity contribution < 1.29 is 22.7 Å². The molecule has 2 atom stereocenters. The number of amides is 2. The van der Waals surface area contributed by atoms with Crippen LogP contribution in [0.4, 0.5) is 5.69 Å². The Morgan fingerprint density at radius 3 is 2.00 bits per heavy atom. The van der Waals surface area contributed by atoms with E-state index < -0.39 is 28.5 Å². The fraction of sp³-hybridized carbons (Fsp3) is 0.257. The smallest absolute Gasteiger partial charge is 0.264 e. The predicted octanol–water partition coefficient (Wildman–Crippen LogP) is 6.75. The topological polar surface area (TPSA) is 96.0 Å². The second-order valence-electron chi connectivity index (χ2n) is 10.8. The second-order valence-corrected chi connectivity index (χ2v) is 13.4. The van der Waals surface area contributed by atoms with Crippen molar-refractivity contribution in [3.63, 3.8) is 0 Å². The van der Waals surface area contributed by atoms with Crippen LogP contribution in [0.15, 0.2) is 108 Å². The number of hydrogen-bond acceptors (Lipinski definition) is 5. The van der Waals surface area contributed by atoms with Crippen molar-refractivity contribution in [2.45, 2.75) is 50.2 Å². The van der Waals surface area contributed by atoms with Crippen LogP contribution in [0.25, 0.3) is 0 Å². The molecule has 46 heavy (non-hydrogen) atoms. The van der Waals surface area contributed by atoms with Gasteiger partial charge in [0.25, 0.3) is 10.0 Å². The summed E-state index contributed by atoms with van der Waals surface area (Å²) in [5.74, 6) is -0.477. The first-order valence-corrected chi connectivity index (χ1v) is 17.0. The number of halogens is 2. The molecule has 0 unspecified atom stereocenters. The van der Waals surface area contributed by atoms with E-state index in [1.54, 1.807) is 60.7 Å². The van der Waals surface area contributed by atoms with Gasteiger partial charge in [0.05, 0.1) is 17.7 Å². The first kappa shape index (κ1) is 34.8. The first-order chi connectivity index (χ1) is 22.0. The van der Waals surface area contributed by atoms with E-state index in [9.17, 15) is 18.0 Å². The van der Waals surface area contributed by atoms with Crippen LogP contribution in [-0.4, -0.2) is 50.9 Å². The maximum Gasteiger partial charge on any atom is 0.264 e. The highest BCUT2D eigenvalue weighted by atomic mass is 35.5. The summed E-state index contributed by atoms with van der Waals surface area (Å²) in [5.41, 5.74) is 1.51. The molecule has 0 radical (unpaired) electrons. The minimum Gasteiger partial charge on any atom is -0.497 e. The molecule has 0 bridgehead atoms. The van der Waals surface area contributed by atoms with Gasteiger partial charge in [-0.05, 0) is 67.4 Å². The quantitative estimate of drug-likeness (QED) is 0.159. The van der Waals surface area contributed by atoms with Gasteiger partial charge in [-0.2, -0.15) is 0 Å². The third-order valence-corrected chi connectivity index (χ3v) is 10.1. The van der Waals surface area contributed by atoms with Crippen molar-refractivity contribution >= 4 is 50.7 Å². The van der Waals surface area contributed by atoms with Crippen molar-refractivity contribution in [3.05, 3.63) is 124 Å². The molecule has 0 aliphatic rings. The molecule has 0 aliphatic heterocycles. The Bertz CT molecular complexity index is 1700. The zero-order valence-corrected chi connectivity index (χ0v) is 28.2. The van der Waals surface area contributed by atoms with E-state index in [2.05, 4.69) is 5.32 Å². The molecule has 0 aromatic heterocycles. The summed E-state index contributed by atoms with van der Waals surface area (Å²) < 4.78 is 34.5.